The predicted molar refractivity (Wildman–Crippen MR) is 83.2 cm³/mol. The summed E-state index contributed by atoms with van der Waals surface area (Å²) < 4.78 is 17.9. The van der Waals surface area contributed by atoms with Crippen molar-refractivity contribution < 1.29 is 8.95 Å². The lowest BCUT2D eigenvalue weighted by molar-refractivity contribution is 0.315. The molecule has 3 nitrogen and oxygen atoms in total. The molecular weight excluding hydrogens is 326 g/mol. The first kappa shape index (κ1) is 15.0. The third-order valence-corrected chi connectivity index (χ3v) is 4.60. The Labute approximate surface area is 125 Å². The SMILES string of the molecule is CS(=O)CCCNC1CCCOc2cc(Br)ccc21. The lowest BCUT2D eigenvalue weighted by Crippen LogP contribution is -2.23. The van der Waals surface area contributed by atoms with E-state index in [1.165, 1.54) is 5.56 Å². The summed E-state index contributed by atoms with van der Waals surface area (Å²) in [5.74, 6) is 1.74. The summed E-state index contributed by atoms with van der Waals surface area (Å²) in [5.41, 5.74) is 1.23. The van der Waals surface area contributed by atoms with Gasteiger partial charge in [0.15, 0.2) is 0 Å². The molecule has 0 saturated carbocycles. The molecule has 0 fully saturated rings. The third kappa shape index (κ3) is 4.58. The topological polar surface area (TPSA) is 38.3 Å². The number of rotatable bonds is 5. The van der Waals surface area contributed by atoms with Crippen molar-refractivity contribution in [1.29, 1.82) is 0 Å². The highest BCUT2D eigenvalue weighted by molar-refractivity contribution is 9.10. The second kappa shape index (κ2) is 7.41. The Kier molecular flexibility index (Phi) is 5.85. The summed E-state index contributed by atoms with van der Waals surface area (Å²) in [6.45, 7) is 1.68. The van der Waals surface area contributed by atoms with Gasteiger partial charge in [0, 0.05) is 38.9 Å². The molecule has 1 heterocycles. The molecular formula is C14H20BrNO2S. The van der Waals surface area contributed by atoms with Gasteiger partial charge in [0.2, 0.25) is 0 Å². The van der Waals surface area contributed by atoms with Gasteiger partial charge in [-0.05, 0) is 37.9 Å². The standard InChI is InChI=1S/C14H20BrNO2S/c1-19(17)9-3-7-16-13-4-2-8-18-14-10-11(15)5-6-12(13)14/h5-6,10,13,16H,2-4,7-9H2,1H3. The molecule has 1 aliphatic rings. The zero-order valence-electron chi connectivity index (χ0n) is 11.2. The van der Waals surface area contributed by atoms with Gasteiger partial charge < -0.3 is 10.1 Å². The molecule has 2 atom stereocenters. The molecule has 0 amide bonds. The van der Waals surface area contributed by atoms with Gasteiger partial charge >= 0.3 is 0 Å². The Hall–Kier alpha value is -0.390. The molecule has 0 bridgehead atoms. The van der Waals surface area contributed by atoms with Crippen LogP contribution >= 0.6 is 15.9 Å². The highest BCUT2D eigenvalue weighted by Crippen LogP contribution is 2.33. The van der Waals surface area contributed by atoms with Crippen molar-refractivity contribution in [2.45, 2.75) is 25.3 Å². The number of fused-ring (bicyclic) bond motifs is 1. The fourth-order valence-corrected chi connectivity index (χ4v) is 3.20. The number of ether oxygens (including phenoxy) is 1. The maximum atomic E-state index is 11.0. The van der Waals surface area contributed by atoms with Crippen LogP contribution < -0.4 is 10.1 Å². The van der Waals surface area contributed by atoms with Gasteiger partial charge in [0.05, 0.1) is 6.61 Å². The first-order chi connectivity index (χ1) is 9.16. The summed E-state index contributed by atoms with van der Waals surface area (Å²) in [4.78, 5) is 0. The van der Waals surface area contributed by atoms with E-state index in [1.807, 2.05) is 6.07 Å². The van der Waals surface area contributed by atoms with Crippen molar-refractivity contribution in [2.75, 3.05) is 25.2 Å². The van der Waals surface area contributed by atoms with E-state index < -0.39 is 10.8 Å². The van der Waals surface area contributed by atoms with Gasteiger partial charge in [-0.15, -0.1) is 0 Å². The average molecular weight is 346 g/mol. The van der Waals surface area contributed by atoms with Crippen LogP contribution in [0.4, 0.5) is 0 Å². The molecule has 106 valence electrons. The van der Waals surface area contributed by atoms with Crippen molar-refractivity contribution in [2.24, 2.45) is 0 Å². The number of hydrogen-bond acceptors (Lipinski definition) is 3. The summed E-state index contributed by atoms with van der Waals surface area (Å²) in [6, 6.07) is 6.57. The molecule has 1 aromatic rings. The van der Waals surface area contributed by atoms with Crippen LogP contribution in [0.5, 0.6) is 5.75 Å². The van der Waals surface area contributed by atoms with Crippen molar-refractivity contribution in [3.05, 3.63) is 28.2 Å². The van der Waals surface area contributed by atoms with E-state index in [-0.39, 0.29) is 0 Å². The molecule has 0 spiro atoms. The van der Waals surface area contributed by atoms with Gasteiger partial charge in [0.25, 0.3) is 0 Å². The van der Waals surface area contributed by atoms with Crippen LogP contribution in [0, 0.1) is 0 Å². The van der Waals surface area contributed by atoms with E-state index in [1.54, 1.807) is 6.26 Å². The second-order valence-corrected chi connectivity index (χ2v) is 7.28. The first-order valence-electron chi connectivity index (χ1n) is 6.62. The Bertz CT molecular complexity index is 453. The van der Waals surface area contributed by atoms with Gasteiger partial charge in [-0.3, -0.25) is 4.21 Å². The van der Waals surface area contributed by atoms with Gasteiger partial charge in [-0.2, -0.15) is 0 Å². The molecule has 0 aliphatic carbocycles. The number of nitrogens with one attached hydrogen (secondary N) is 1. The maximum Gasteiger partial charge on any atom is 0.125 e. The first-order valence-corrected chi connectivity index (χ1v) is 9.14. The van der Waals surface area contributed by atoms with Gasteiger partial charge in [0.1, 0.15) is 5.75 Å². The minimum absolute atomic E-state index is 0.343. The van der Waals surface area contributed by atoms with E-state index >= 15 is 0 Å². The number of halogens is 1. The smallest absolute Gasteiger partial charge is 0.125 e. The molecule has 19 heavy (non-hydrogen) atoms. The molecule has 1 aromatic carbocycles. The maximum absolute atomic E-state index is 11.0. The third-order valence-electron chi connectivity index (χ3n) is 3.25. The number of benzene rings is 1. The molecule has 2 unspecified atom stereocenters. The quantitative estimate of drug-likeness (QED) is 0.833. The summed E-state index contributed by atoms with van der Waals surface area (Å²) in [6.07, 6.45) is 4.85. The van der Waals surface area contributed by atoms with Crippen molar-refractivity contribution in [3.63, 3.8) is 0 Å². The normalized spacial score (nSPS) is 20.2. The van der Waals surface area contributed by atoms with E-state index in [2.05, 4.69) is 33.4 Å². The predicted octanol–water partition coefficient (Wildman–Crippen LogP) is 3.02. The summed E-state index contributed by atoms with van der Waals surface area (Å²) in [5, 5.41) is 3.56. The fourth-order valence-electron chi connectivity index (χ4n) is 2.31. The zero-order chi connectivity index (χ0) is 13.7. The highest BCUT2D eigenvalue weighted by Gasteiger charge is 2.19. The van der Waals surface area contributed by atoms with Crippen LogP contribution in [0.3, 0.4) is 0 Å². The van der Waals surface area contributed by atoms with Crippen LogP contribution in [-0.2, 0) is 10.8 Å². The van der Waals surface area contributed by atoms with Crippen LogP contribution in [0.25, 0.3) is 0 Å². The van der Waals surface area contributed by atoms with E-state index in [0.29, 0.717) is 6.04 Å². The highest BCUT2D eigenvalue weighted by atomic mass is 79.9. The van der Waals surface area contributed by atoms with Gasteiger partial charge in [-0.25, -0.2) is 0 Å². The molecule has 0 radical (unpaired) electrons. The van der Waals surface area contributed by atoms with Crippen LogP contribution in [0.2, 0.25) is 0 Å². The fraction of sp³-hybridized carbons (Fsp3) is 0.571. The van der Waals surface area contributed by atoms with E-state index in [4.69, 9.17) is 4.74 Å². The molecule has 0 saturated heterocycles. The largest absolute Gasteiger partial charge is 0.493 e. The van der Waals surface area contributed by atoms with Crippen molar-refractivity contribution in [1.82, 2.24) is 5.32 Å². The van der Waals surface area contributed by atoms with Crippen LogP contribution in [0.15, 0.2) is 22.7 Å². The summed E-state index contributed by atoms with van der Waals surface area (Å²) in [7, 11) is -0.695. The minimum atomic E-state index is -0.695. The molecule has 2 rings (SSSR count). The number of hydrogen-bond donors (Lipinski definition) is 1. The van der Waals surface area contributed by atoms with Crippen LogP contribution in [0.1, 0.15) is 30.9 Å². The average Bonchev–Trinajstić information content (AvgIpc) is 2.56. The zero-order valence-corrected chi connectivity index (χ0v) is 13.6. The molecule has 5 heteroatoms. The second-order valence-electron chi connectivity index (χ2n) is 4.81. The van der Waals surface area contributed by atoms with E-state index in [9.17, 15) is 4.21 Å². The molecule has 1 aliphatic heterocycles. The Morgan fingerprint density at radius 3 is 3.16 bits per heavy atom. The summed E-state index contributed by atoms with van der Waals surface area (Å²) >= 11 is 3.48. The van der Waals surface area contributed by atoms with Crippen molar-refractivity contribution >= 4 is 26.7 Å². The lowest BCUT2D eigenvalue weighted by atomic mass is 10.0. The monoisotopic (exact) mass is 345 g/mol. The van der Waals surface area contributed by atoms with Gasteiger partial charge in [-0.1, -0.05) is 22.0 Å². The Morgan fingerprint density at radius 1 is 1.53 bits per heavy atom. The molecule has 0 aromatic heterocycles. The van der Waals surface area contributed by atoms with Crippen LogP contribution in [-0.4, -0.2) is 29.4 Å². The lowest BCUT2D eigenvalue weighted by Gasteiger charge is -2.18. The minimum Gasteiger partial charge on any atom is -0.493 e. The Morgan fingerprint density at radius 2 is 2.37 bits per heavy atom. The molecule has 1 N–H and O–H groups in total. The van der Waals surface area contributed by atoms with Crippen molar-refractivity contribution in [3.8, 4) is 5.75 Å². The van der Waals surface area contributed by atoms with E-state index in [0.717, 1.165) is 48.4 Å². The Balaban J connectivity index is 1.99.